The first kappa shape index (κ1) is 16.1. The van der Waals surface area contributed by atoms with Crippen LogP contribution in [-0.4, -0.2) is 50.2 Å². The predicted octanol–water partition coefficient (Wildman–Crippen LogP) is 1.46. The molecule has 6 heteroatoms. The zero-order valence-corrected chi connectivity index (χ0v) is 13.6. The van der Waals surface area contributed by atoms with Crippen molar-refractivity contribution in [2.24, 2.45) is 11.1 Å². The van der Waals surface area contributed by atoms with E-state index in [2.05, 4.69) is 17.1 Å². The van der Waals surface area contributed by atoms with Crippen molar-refractivity contribution in [3.05, 3.63) is 18.2 Å². The summed E-state index contributed by atoms with van der Waals surface area (Å²) in [5.74, 6) is 1.41. The Bertz CT molecular complexity index is 578. The minimum atomic E-state index is -0.0132. The summed E-state index contributed by atoms with van der Waals surface area (Å²) in [6.45, 7) is 6.32. The van der Waals surface area contributed by atoms with Gasteiger partial charge in [-0.15, -0.1) is 0 Å². The molecule has 2 heterocycles. The largest absolute Gasteiger partial charge is 0.490 e. The summed E-state index contributed by atoms with van der Waals surface area (Å²) in [5, 5.41) is 2.94. The fourth-order valence-corrected chi connectivity index (χ4v) is 3.07. The molecule has 1 unspecified atom stereocenters. The van der Waals surface area contributed by atoms with Crippen molar-refractivity contribution in [2.75, 3.05) is 44.7 Å². The summed E-state index contributed by atoms with van der Waals surface area (Å²) in [6.07, 6.45) is 1.91. The average Bonchev–Trinajstić information content (AvgIpc) is 2.76. The smallest absolute Gasteiger partial charge is 0.238 e. The molecule has 23 heavy (non-hydrogen) atoms. The van der Waals surface area contributed by atoms with E-state index in [0.717, 1.165) is 37.4 Å². The molecule has 0 aromatic heterocycles. The second-order valence-corrected chi connectivity index (χ2v) is 6.74. The predicted molar refractivity (Wildman–Crippen MR) is 88.9 cm³/mol. The maximum absolute atomic E-state index is 12.2. The number of nitrogens with one attached hydrogen (secondary N) is 1. The molecule has 2 aliphatic rings. The first-order chi connectivity index (χ1) is 11.1. The number of carbonyl (C=O) groups is 1. The lowest BCUT2D eigenvalue weighted by Gasteiger charge is -2.22. The van der Waals surface area contributed by atoms with E-state index in [1.54, 1.807) is 0 Å². The number of rotatable bonds is 4. The molecule has 0 radical (unpaired) electrons. The lowest BCUT2D eigenvalue weighted by molar-refractivity contribution is -0.117. The van der Waals surface area contributed by atoms with Crippen molar-refractivity contribution >= 4 is 11.6 Å². The number of hydrogen-bond acceptors (Lipinski definition) is 5. The van der Waals surface area contributed by atoms with E-state index >= 15 is 0 Å². The topological polar surface area (TPSA) is 76.8 Å². The van der Waals surface area contributed by atoms with Crippen molar-refractivity contribution in [1.82, 2.24) is 4.90 Å². The van der Waals surface area contributed by atoms with E-state index in [1.165, 1.54) is 0 Å². The molecule has 0 aliphatic carbocycles. The van der Waals surface area contributed by atoms with Crippen LogP contribution in [0.25, 0.3) is 0 Å². The van der Waals surface area contributed by atoms with Crippen LogP contribution >= 0.6 is 0 Å². The van der Waals surface area contributed by atoms with Crippen LogP contribution in [0.2, 0.25) is 0 Å². The minimum absolute atomic E-state index is 0.0132. The number of ether oxygens (including phenoxy) is 2. The van der Waals surface area contributed by atoms with Crippen LogP contribution in [0.15, 0.2) is 18.2 Å². The number of nitrogens with two attached hydrogens (primary N) is 1. The van der Waals surface area contributed by atoms with Gasteiger partial charge in [-0.3, -0.25) is 9.69 Å². The molecule has 1 amide bonds. The molecule has 3 N–H and O–H groups in total. The third-order valence-electron chi connectivity index (χ3n) is 4.53. The Morgan fingerprint density at radius 2 is 2.13 bits per heavy atom. The van der Waals surface area contributed by atoms with Crippen molar-refractivity contribution < 1.29 is 14.3 Å². The summed E-state index contributed by atoms with van der Waals surface area (Å²) in [5.41, 5.74) is 6.68. The van der Waals surface area contributed by atoms with Gasteiger partial charge in [0.1, 0.15) is 0 Å². The molecule has 1 aromatic carbocycles. The summed E-state index contributed by atoms with van der Waals surface area (Å²) < 4.78 is 11.2. The second kappa shape index (κ2) is 6.76. The number of amides is 1. The van der Waals surface area contributed by atoms with Crippen molar-refractivity contribution in [1.29, 1.82) is 0 Å². The molecule has 0 spiro atoms. The Labute approximate surface area is 136 Å². The van der Waals surface area contributed by atoms with Gasteiger partial charge in [0.05, 0.1) is 19.8 Å². The molecule has 0 bridgehead atoms. The number of nitrogens with zero attached hydrogens (tertiary/aromatic N) is 1. The fourth-order valence-electron chi connectivity index (χ4n) is 3.07. The van der Waals surface area contributed by atoms with Gasteiger partial charge in [-0.1, -0.05) is 6.92 Å². The number of carbonyl (C=O) groups excluding carboxylic acids is 1. The number of fused-ring (bicyclic) bond motifs is 1. The number of hydrogen-bond donors (Lipinski definition) is 2. The van der Waals surface area contributed by atoms with Gasteiger partial charge >= 0.3 is 0 Å². The Balaban J connectivity index is 1.57. The summed E-state index contributed by atoms with van der Waals surface area (Å²) in [4.78, 5) is 14.4. The standard InChI is InChI=1S/C17H25N3O3/c1-17(11-18)5-6-20(12-17)10-16(21)19-13-3-4-14-15(9-13)23-8-2-7-22-14/h3-4,9H,2,5-8,10-12,18H2,1H3,(H,19,21). The fraction of sp³-hybridized carbons (Fsp3) is 0.588. The van der Waals surface area contributed by atoms with Gasteiger partial charge in [0, 0.05) is 24.7 Å². The Morgan fingerprint density at radius 1 is 1.35 bits per heavy atom. The van der Waals surface area contributed by atoms with Crippen LogP contribution in [0.3, 0.4) is 0 Å². The van der Waals surface area contributed by atoms with Crippen LogP contribution < -0.4 is 20.5 Å². The van der Waals surface area contributed by atoms with Crippen molar-refractivity contribution in [3.63, 3.8) is 0 Å². The highest BCUT2D eigenvalue weighted by Gasteiger charge is 2.33. The van der Waals surface area contributed by atoms with Gasteiger partial charge in [-0.05, 0) is 37.1 Å². The summed E-state index contributed by atoms with van der Waals surface area (Å²) >= 11 is 0. The van der Waals surface area contributed by atoms with Crippen LogP contribution in [0.4, 0.5) is 5.69 Å². The second-order valence-electron chi connectivity index (χ2n) is 6.74. The molecule has 1 atom stereocenters. The third-order valence-corrected chi connectivity index (χ3v) is 4.53. The molecular weight excluding hydrogens is 294 g/mol. The molecular formula is C17H25N3O3. The molecule has 1 fully saturated rings. The van der Waals surface area contributed by atoms with Gasteiger partial charge in [0.15, 0.2) is 11.5 Å². The first-order valence-electron chi connectivity index (χ1n) is 8.20. The van der Waals surface area contributed by atoms with E-state index in [-0.39, 0.29) is 11.3 Å². The highest BCUT2D eigenvalue weighted by atomic mass is 16.5. The SMILES string of the molecule is CC1(CN)CCN(CC(=O)Nc2ccc3c(c2)OCCCO3)C1. The molecule has 1 saturated heterocycles. The number of benzene rings is 1. The minimum Gasteiger partial charge on any atom is -0.490 e. The average molecular weight is 319 g/mol. The Kier molecular flexibility index (Phi) is 4.73. The number of likely N-dealkylation sites (tertiary alicyclic amines) is 1. The van der Waals surface area contributed by atoms with Gasteiger partial charge in [0.2, 0.25) is 5.91 Å². The molecule has 1 aromatic rings. The lowest BCUT2D eigenvalue weighted by Crippen LogP contribution is -2.35. The third kappa shape index (κ3) is 3.95. The molecule has 2 aliphatic heterocycles. The van der Waals surface area contributed by atoms with Crippen LogP contribution in [0, 0.1) is 5.41 Å². The molecule has 6 nitrogen and oxygen atoms in total. The zero-order chi connectivity index (χ0) is 16.3. The first-order valence-corrected chi connectivity index (χ1v) is 8.20. The molecule has 3 rings (SSSR count). The van der Waals surface area contributed by atoms with E-state index in [1.807, 2.05) is 18.2 Å². The monoisotopic (exact) mass is 319 g/mol. The van der Waals surface area contributed by atoms with Crippen molar-refractivity contribution in [2.45, 2.75) is 19.8 Å². The zero-order valence-electron chi connectivity index (χ0n) is 13.6. The summed E-state index contributed by atoms with van der Waals surface area (Å²) in [7, 11) is 0. The van der Waals surface area contributed by atoms with Gasteiger partial charge in [-0.2, -0.15) is 0 Å². The van der Waals surface area contributed by atoms with Gasteiger partial charge in [-0.25, -0.2) is 0 Å². The summed E-state index contributed by atoms with van der Waals surface area (Å²) in [6, 6.07) is 5.52. The molecule has 0 saturated carbocycles. The molecule has 126 valence electrons. The lowest BCUT2D eigenvalue weighted by atomic mass is 9.90. The highest BCUT2D eigenvalue weighted by molar-refractivity contribution is 5.92. The Morgan fingerprint density at radius 3 is 2.87 bits per heavy atom. The maximum atomic E-state index is 12.2. The van der Waals surface area contributed by atoms with E-state index in [0.29, 0.717) is 32.1 Å². The van der Waals surface area contributed by atoms with Crippen LogP contribution in [-0.2, 0) is 4.79 Å². The van der Waals surface area contributed by atoms with Crippen LogP contribution in [0.1, 0.15) is 19.8 Å². The maximum Gasteiger partial charge on any atom is 0.238 e. The van der Waals surface area contributed by atoms with Crippen LogP contribution in [0.5, 0.6) is 11.5 Å². The van der Waals surface area contributed by atoms with Crippen molar-refractivity contribution in [3.8, 4) is 11.5 Å². The van der Waals surface area contributed by atoms with E-state index in [4.69, 9.17) is 15.2 Å². The van der Waals surface area contributed by atoms with E-state index in [9.17, 15) is 4.79 Å². The van der Waals surface area contributed by atoms with E-state index < -0.39 is 0 Å². The van der Waals surface area contributed by atoms with Gasteiger partial charge in [0.25, 0.3) is 0 Å². The highest BCUT2D eigenvalue weighted by Crippen LogP contribution is 2.32. The normalized spacial score (nSPS) is 24.3. The van der Waals surface area contributed by atoms with Gasteiger partial charge < -0.3 is 20.5 Å². The number of anilines is 1. The Hall–Kier alpha value is -1.79. The quantitative estimate of drug-likeness (QED) is 0.878.